The summed E-state index contributed by atoms with van der Waals surface area (Å²) >= 11 is 6.04. The van der Waals surface area contributed by atoms with Gasteiger partial charge in [-0.2, -0.15) is 4.98 Å². The molecule has 0 radical (unpaired) electrons. The normalized spacial score (nSPS) is 15.2. The van der Waals surface area contributed by atoms with Crippen molar-refractivity contribution in [1.82, 2.24) is 19.1 Å². The summed E-state index contributed by atoms with van der Waals surface area (Å²) in [6.07, 6.45) is 3.02. The van der Waals surface area contributed by atoms with Crippen LogP contribution < -0.4 is 26.6 Å². The van der Waals surface area contributed by atoms with Gasteiger partial charge in [-0.1, -0.05) is 11.6 Å². The number of aromatic nitrogens is 4. The fourth-order valence-corrected chi connectivity index (χ4v) is 4.80. The van der Waals surface area contributed by atoms with Crippen LogP contribution in [0.25, 0.3) is 16.6 Å². The van der Waals surface area contributed by atoms with Crippen LogP contribution in [0.5, 0.6) is 5.88 Å². The van der Waals surface area contributed by atoms with E-state index in [1.54, 1.807) is 4.90 Å². The minimum Gasteiger partial charge on any atom is -0.480 e. The molecule has 5 rings (SSSR count). The Bertz CT molecular complexity index is 1740. The number of carbonyl (C=O) groups is 1. The summed E-state index contributed by atoms with van der Waals surface area (Å²) < 4.78 is 49.0. The van der Waals surface area contributed by atoms with Gasteiger partial charge in [0.25, 0.3) is 5.56 Å². The van der Waals surface area contributed by atoms with Crippen molar-refractivity contribution in [3.05, 3.63) is 85.5 Å². The predicted molar refractivity (Wildman–Crippen MR) is 136 cm³/mol. The van der Waals surface area contributed by atoms with Crippen LogP contribution in [0.1, 0.15) is 12.0 Å². The van der Waals surface area contributed by atoms with Crippen LogP contribution in [-0.2, 0) is 11.3 Å². The van der Waals surface area contributed by atoms with Crippen molar-refractivity contribution in [3.63, 3.8) is 0 Å². The number of amides is 1. The molecule has 4 aromatic rings. The van der Waals surface area contributed by atoms with Crippen molar-refractivity contribution in [1.29, 1.82) is 0 Å². The maximum atomic E-state index is 14.0. The smallest absolute Gasteiger partial charge is 0.336 e. The van der Waals surface area contributed by atoms with Gasteiger partial charge in [-0.3, -0.25) is 19.1 Å². The molecule has 1 saturated heterocycles. The first-order valence-corrected chi connectivity index (χ1v) is 12.0. The molecular formula is C25H20ClF3N6O4. The van der Waals surface area contributed by atoms with Gasteiger partial charge in [0.1, 0.15) is 11.2 Å². The molecule has 2 N–H and O–H groups in total. The number of fused-ring (bicyclic) bond motifs is 1. The Balaban J connectivity index is 1.80. The fourth-order valence-electron chi connectivity index (χ4n) is 4.63. The zero-order chi connectivity index (χ0) is 28.0. The Morgan fingerprint density at radius 1 is 1.15 bits per heavy atom. The third-order valence-electron chi connectivity index (χ3n) is 6.52. The number of ether oxygens (including phenoxy) is 1. The highest BCUT2D eigenvalue weighted by Crippen LogP contribution is 2.29. The zero-order valence-electron chi connectivity index (χ0n) is 20.3. The van der Waals surface area contributed by atoms with Crippen LogP contribution >= 0.6 is 11.6 Å². The third kappa shape index (κ3) is 4.69. The molecule has 0 saturated carbocycles. The van der Waals surface area contributed by atoms with E-state index in [-0.39, 0.29) is 45.4 Å². The second kappa shape index (κ2) is 10.1. The number of nitrogens with zero attached hydrogens (tertiary/aromatic N) is 5. The third-order valence-corrected chi connectivity index (χ3v) is 6.73. The van der Waals surface area contributed by atoms with Gasteiger partial charge in [0.05, 0.1) is 42.0 Å². The van der Waals surface area contributed by atoms with Gasteiger partial charge in [-0.05, 0) is 30.2 Å². The molecule has 1 amide bonds. The molecule has 10 nitrogen and oxygen atoms in total. The van der Waals surface area contributed by atoms with E-state index in [0.29, 0.717) is 13.0 Å². The Morgan fingerprint density at radius 3 is 2.49 bits per heavy atom. The number of nitrogens with two attached hydrogens (primary N) is 1. The van der Waals surface area contributed by atoms with Gasteiger partial charge in [0.15, 0.2) is 17.5 Å². The largest absolute Gasteiger partial charge is 0.480 e. The van der Waals surface area contributed by atoms with Crippen molar-refractivity contribution in [3.8, 4) is 11.6 Å². The second-order valence-corrected chi connectivity index (χ2v) is 9.40. The Labute approximate surface area is 223 Å². The van der Waals surface area contributed by atoms with E-state index in [2.05, 4.69) is 9.97 Å². The number of hydrogen-bond acceptors (Lipinski definition) is 7. The van der Waals surface area contributed by atoms with E-state index < -0.39 is 47.1 Å². The van der Waals surface area contributed by atoms with Crippen LogP contribution in [-0.4, -0.2) is 45.2 Å². The first-order chi connectivity index (χ1) is 18.6. The summed E-state index contributed by atoms with van der Waals surface area (Å²) in [7, 11) is 1.28. The number of carbonyl (C=O) groups excluding carboxylic acids is 1. The number of benzene rings is 1. The monoisotopic (exact) mass is 560 g/mol. The molecule has 0 unspecified atom stereocenters. The Kier molecular flexibility index (Phi) is 6.76. The van der Waals surface area contributed by atoms with Gasteiger partial charge in [-0.15, -0.1) is 0 Å². The molecule has 3 aromatic heterocycles. The molecule has 0 spiro atoms. The quantitative estimate of drug-likeness (QED) is 0.359. The van der Waals surface area contributed by atoms with Crippen molar-refractivity contribution < 1.29 is 22.7 Å². The molecule has 1 aromatic carbocycles. The summed E-state index contributed by atoms with van der Waals surface area (Å²) in [6.45, 7) is 0.217. The standard InChI is InChI=1S/C25H20ClF3N6O4/c1-39-23-20-18(7-19(32-23)33-3-2-13(11-33)22(30)36)34(10-12-4-16(27)21(29)17(28)5-12)25(38)35(24(20)37)15-6-14(26)8-31-9-15/h4-9,13H,2-3,10-11H2,1H3,(H2,30,36)/t13-/m1/s1. The lowest BCUT2D eigenvalue weighted by atomic mass is 10.1. The number of anilines is 1. The molecule has 1 atom stereocenters. The van der Waals surface area contributed by atoms with Crippen molar-refractivity contribution in [2.24, 2.45) is 11.7 Å². The van der Waals surface area contributed by atoms with Crippen LogP contribution in [0.3, 0.4) is 0 Å². The first kappa shape index (κ1) is 26.2. The lowest BCUT2D eigenvalue weighted by Crippen LogP contribution is -2.39. The number of halogens is 4. The van der Waals surface area contributed by atoms with E-state index in [1.807, 2.05) is 0 Å². The molecule has 202 valence electrons. The highest BCUT2D eigenvalue weighted by Gasteiger charge is 2.29. The minimum absolute atomic E-state index is 0.0274. The summed E-state index contributed by atoms with van der Waals surface area (Å²) in [6, 6.07) is 4.29. The lowest BCUT2D eigenvalue weighted by Gasteiger charge is -2.21. The molecular weight excluding hydrogens is 541 g/mol. The fraction of sp³-hybridized carbons (Fsp3) is 0.240. The highest BCUT2D eigenvalue weighted by molar-refractivity contribution is 6.30. The topological polar surface area (TPSA) is 125 Å². The van der Waals surface area contributed by atoms with E-state index in [1.165, 1.54) is 31.6 Å². The first-order valence-electron chi connectivity index (χ1n) is 11.6. The van der Waals surface area contributed by atoms with E-state index in [9.17, 15) is 27.6 Å². The molecule has 1 fully saturated rings. The predicted octanol–water partition coefficient (Wildman–Crippen LogP) is 2.38. The number of primary amides is 1. The summed E-state index contributed by atoms with van der Waals surface area (Å²) in [5.74, 6) is -5.28. The van der Waals surface area contributed by atoms with Crippen LogP contribution in [0, 0.1) is 23.4 Å². The van der Waals surface area contributed by atoms with Gasteiger partial charge in [-0.25, -0.2) is 22.5 Å². The Morgan fingerprint density at radius 2 is 1.87 bits per heavy atom. The highest BCUT2D eigenvalue weighted by atomic mass is 35.5. The van der Waals surface area contributed by atoms with Gasteiger partial charge >= 0.3 is 5.69 Å². The number of hydrogen-bond donors (Lipinski definition) is 1. The van der Waals surface area contributed by atoms with Crippen molar-refractivity contribution >= 4 is 34.2 Å². The maximum absolute atomic E-state index is 14.0. The van der Waals surface area contributed by atoms with Crippen LogP contribution in [0.2, 0.25) is 5.02 Å². The average Bonchev–Trinajstić information content (AvgIpc) is 3.40. The average molecular weight is 561 g/mol. The van der Waals surface area contributed by atoms with Crippen molar-refractivity contribution in [2.75, 3.05) is 25.1 Å². The zero-order valence-corrected chi connectivity index (χ0v) is 21.1. The number of rotatable bonds is 6. The van der Waals surface area contributed by atoms with Gasteiger partial charge in [0.2, 0.25) is 11.8 Å². The molecule has 1 aliphatic heterocycles. The van der Waals surface area contributed by atoms with Gasteiger partial charge < -0.3 is 15.4 Å². The molecule has 39 heavy (non-hydrogen) atoms. The Hall–Kier alpha value is -4.39. The van der Waals surface area contributed by atoms with E-state index in [4.69, 9.17) is 22.1 Å². The van der Waals surface area contributed by atoms with Crippen LogP contribution in [0.4, 0.5) is 19.0 Å². The molecule has 14 heteroatoms. The molecule has 0 bridgehead atoms. The van der Waals surface area contributed by atoms with Crippen molar-refractivity contribution in [2.45, 2.75) is 13.0 Å². The molecule has 4 heterocycles. The lowest BCUT2D eigenvalue weighted by molar-refractivity contribution is -0.121. The molecule has 0 aliphatic carbocycles. The number of pyridine rings is 2. The SMILES string of the molecule is COc1nc(N2CC[C@@H](C(N)=O)C2)cc2c1c(=O)n(-c1cncc(Cl)c1)c(=O)n2Cc1cc(F)c(F)c(F)c1. The summed E-state index contributed by atoms with van der Waals surface area (Å²) in [5.41, 5.74) is 3.73. The van der Waals surface area contributed by atoms with E-state index >= 15 is 0 Å². The van der Waals surface area contributed by atoms with Crippen LogP contribution in [0.15, 0.2) is 46.2 Å². The van der Waals surface area contributed by atoms with E-state index in [0.717, 1.165) is 21.3 Å². The maximum Gasteiger partial charge on any atom is 0.336 e. The summed E-state index contributed by atoms with van der Waals surface area (Å²) in [4.78, 5) is 49.3. The van der Waals surface area contributed by atoms with Gasteiger partial charge in [0, 0.05) is 25.4 Å². The minimum atomic E-state index is -1.66. The molecule has 1 aliphatic rings. The number of methoxy groups -OCH3 is 1. The summed E-state index contributed by atoms with van der Waals surface area (Å²) in [5, 5.41) is 0.0288. The second-order valence-electron chi connectivity index (χ2n) is 8.96.